The van der Waals surface area contributed by atoms with Gasteiger partial charge in [0.05, 0.1) is 12.2 Å². The molecule has 10 nitrogen and oxygen atoms in total. The van der Waals surface area contributed by atoms with Gasteiger partial charge in [-0.05, 0) is 24.6 Å². The first-order chi connectivity index (χ1) is 18.8. The molecule has 1 aliphatic heterocycles. The molecular formula is C26H29F3N8O2. The lowest BCUT2D eigenvalue weighted by Crippen LogP contribution is -2.52. The number of piperazine rings is 1. The Labute approximate surface area is 222 Å². The third kappa shape index (κ3) is 6.10. The highest BCUT2D eigenvalue weighted by Crippen LogP contribution is 2.28. The molecular weight excluding hydrogens is 513 g/mol. The van der Waals surface area contributed by atoms with Gasteiger partial charge in [-0.15, -0.1) is 0 Å². The molecule has 0 amide bonds. The van der Waals surface area contributed by atoms with Crippen molar-refractivity contribution in [3.05, 3.63) is 94.9 Å². The van der Waals surface area contributed by atoms with E-state index in [0.717, 1.165) is 18.7 Å². The first kappa shape index (κ1) is 26.8. The highest BCUT2D eigenvalue weighted by atomic mass is 19.1. The quantitative estimate of drug-likeness (QED) is 0.326. The zero-order valence-corrected chi connectivity index (χ0v) is 21.2. The number of β-amino-alcohol motifs (C(OH)–C–C–N with tert-alkyl or cyclic N) is 1. The fourth-order valence-corrected chi connectivity index (χ4v) is 4.96. The Balaban J connectivity index is 1.16. The van der Waals surface area contributed by atoms with Gasteiger partial charge in [0.2, 0.25) is 0 Å². The Hall–Kier alpha value is -3.81. The van der Waals surface area contributed by atoms with Crippen molar-refractivity contribution in [1.82, 2.24) is 38.9 Å². The van der Waals surface area contributed by atoms with Gasteiger partial charge < -0.3 is 10.0 Å². The van der Waals surface area contributed by atoms with Crippen molar-refractivity contribution in [2.75, 3.05) is 39.3 Å². The average molecular weight is 543 g/mol. The molecule has 1 N–H and O–H groups in total. The summed E-state index contributed by atoms with van der Waals surface area (Å²) in [6.45, 7) is 3.89. The van der Waals surface area contributed by atoms with E-state index in [9.17, 15) is 23.1 Å². The standard InChI is InChI=1S/C26H29F3N8O2/c27-20-6-7-21(23(29)14-20)26(39,16-35-18-30-17-31-35)15-34-12-10-33(11-13-34)8-3-9-37-25(38)36(19-32-37)24-5-2-1-4-22(24)28/h1-2,4-7,14,17-19,39H,3,8-13,15-16H2. The molecule has 3 heterocycles. The number of rotatable bonds is 10. The second-order valence-electron chi connectivity index (χ2n) is 9.68. The Bertz CT molecular complexity index is 1450. The van der Waals surface area contributed by atoms with E-state index in [0.29, 0.717) is 39.1 Å². The van der Waals surface area contributed by atoms with E-state index in [-0.39, 0.29) is 24.3 Å². The first-order valence-corrected chi connectivity index (χ1v) is 12.7. The highest BCUT2D eigenvalue weighted by molar-refractivity contribution is 5.32. The molecule has 206 valence electrons. The minimum absolute atomic E-state index is 0.00194. The Morgan fingerprint density at radius 3 is 2.36 bits per heavy atom. The van der Waals surface area contributed by atoms with E-state index in [1.165, 1.54) is 51.1 Å². The second kappa shape index (κ2) is 11.5. The lowest BCUT2D eigenvalue weighted by Gasteiger charge is -2.39. The van der Waals surface area contributed by atoms with Crippen LogP contribution in [0.3, 0.4) is 0 Å². The van der Waals surface area contributed by atoms with Gasteiger partial charge in [0.25, 0.3) is 0 Å². The zero-order chi connectivity index (χ0) is 27.4. The van der Waals surface area contributed by atoms with Crippen LogP contribution in [0, 0.1) is 17.5 Å². The van der Waals surface area contributed by atoms with Crippen molar-refractivity contribution >= 4 is 0 Å². The van der Waals surface area contributed by atoms with Crippen LogP contribution in [-0.4, -0.2) is 83.3 Å². The van der Waals surface area contributed by atoms with Gasteiger partial charge in [-0.2, -0.15) is 10.2 Å². The third-order valence-electron chi connectivity index (χ3n) is 6.96. The van der Waals surface area contributed by atoms with Crippen molar-refractivity contribution in [1.29, 1.82) is 0 Å². The van der Waals surface area contributed by atoms with Gasteiger partial charge in [-0.1, -0.05) is 18.2 Å². The Morgan fingerprint density at radius 2 is 1.64 bits per heavy atom. The maximum atomic E-state index is 14.7. The summed E-state index contributed by atoms with van der Waals surface area (Å²) in [6, 6.07) is 9.22. The van der Waals surface area contributed by atoms with Gasteiger partial charge in [0.1, 0.15) is 42.0 Å². The highest BCUT2D eigenvalue weighted by Gasteiger charge is 2.36. The number of benzene rings is 2. The maximum absolute atomic E-state index is 14.7. The summed E-state index contributed by atoms with van der Waals surface area (Å²) >= 11 is 0. The third-order valence-corrected chi connectivity index (χ3v) is 6.96. The Morgan fingerprint density at radius 1 is 0.872 bits per heavy atom. The summed E-state index contributed by atoms with van der Waals surface area (Å²) < 4.78 is 46.2. The minimum atomic E-state index is -1.65. The molecule has 0 aliphatic carbocycles. The van der Waals surface area contributed by atoms with Crippen molar-refractivity contribution in [3.63, 3.8) is 0 Å². The molecule has 0 spiro atoms. The largest absolute Gasteiger partial charge is 0.382 e. The second-order valence-corrected chi connectivity index (χ2v) is 9.68. The fraction of sp³-hybridized carbons (Fsp3) is 0.385. The summed E-state index contributed by atoms with van der Waals surface area (Å²) in [5.41, 5.74) is -1.88. The van der Waals surface area contributed by atoms with Crippen molar-refractivity contribution in [2.24, 2.45) is 0 Å². The van der Waals surface area contributed by atoms with Crippen LogP contribution in [0.15, 0.2) is 66.2 Å². The molecule has 2 aromatic carbocycles. The lowest BCUT2D eigenvalue weighted by molar-refractivity contribution is -0.0319. The number of para-hydroxylation sites is 1. The van der Waals surface area contributed by atoms with Crippen molar-refractivity contribution in [2.45, 2.75) is 25.1 Å². The van der Waals surface area contributed by atoms with E-state index in [2.05, 4.69) is 20.1 Å². The van der Waals surface area contributed by atoms with Crippen molar-refractivity contribution in [3.8, 4) is 5.69 Å². The van der Waals surface area contributed by atoms with Crippen LogP contribution in [-0.2, 0) is 18.7 Å². The smallest absolute Gasteiger partial charge is 0.350 e. The van der Waals surface area contributed by atoms with Crippen LogP contribution >= 0.6 is 0 Å². The van der Waals surface area contributed by atoms with Gasteiger partial charge >= 0.3 is 5.69 Å². The molecule has 13 heteroatoms. The van der Waals surface area contributed by atoms with E-state index in [1.807, 2.05) is 4.90 Å². The molecule has 1 unspecified atom stereocenters. The number of hydrogen-bond acceptors (Lipinski definition) is 7. The minimum Gasteiger partial charge on any atom is -0.382 e. The van der Waals surface area contributed by atoms with E-state index >= 15 is 0 Å². The number of aliphatic hydroxyl groups is 1. The molecule has 5 rings (SSSR count). The van der Waals surface area contributed by atoms with Gasteiger partial charge in [-0.25, -0.2) is 36.9 Å². The van der Waals surface area contributed by atoms with Crippen LogP contribution < -0.4 is 5.69 Å². The molecule has 0 radical (unpaired) electrons. The van der Waals surface area contributed by atoms with E-state index < -0.39 is 28.7 Å². The average Bonchev–Trinajstić information content (AvgIpc) is 3.55. The molecule has 1 atom stereocenters. The summed E-state index contributed by atoms with van der Waals surface area (Å²) in [6.07, 6.45) is 4.77. The molecule has 0 bridgehead atoms. The normalized spacial score (nSPS) is 16.4. The monoisotopic (exact) mass is 542 g/mol. The summed E-state index contributed by atoms with van der Waals surface area (Å²) in [5, 5.41) is 19.7. The van der Waals surface area contributed by atoms with Gasteiger partial charge in [-0.3, -0.25) is 4.90 Å². The van der Waals surface area contributed by atoms with Crippen LogP contribution in [0.1, 0.15) is 12.0 Å². The number of hydrogen-bond donors (Lipinski definition) is 1. The molecule has 1 fully saturated rings. The number of aromatic nitrogens is 6. The number of halogens is 3. The maximum Gasteiger partial charge on any atom is 0.350 e. The predicted octanol–water partition coefficient (Wildman–Crippen LogP) is 1.64. The SMILES string of the molecule is O=c1n(-c2ccccc2F)cnn1CCCN1CCN(CC(O)(Cn2cncn2)c2ccc(F)cc2F)CC1. The predicted molar refractivity (Wildman–Crippen MR) is 136 cm³/mol. The lowest BCUT2D eigenvalue weighted by atomic mass is 9.92. The molecule has 1 saturated heterocycles. The topological polar surface area (TPSA) is 97.2 Å². The molecule has 1 aliphatic rings. The Kier molecular flexibility index (Phi) is 7.91. The number of nitrogens with zero attached hydrogens (tertiary/aromatic N) is 8. The molecule has 0 saturated carbocycles. The van der Waals surface area contributed by atoms with Crippen molar-refractivity contribution < 1.29 is 18.3 Å². The molecule has 39 heavy (non-hydrogen) atoms. The van der Waals surface area contributed by atoms with Crippen LogP contribution in [0.4, 0.5) is 13.2 Å². The zero-order valence-electron chi connectivity index (χ0n) is 21.2. The van der Waals surface area contributed by atoms with Gasteiger partial charge in [0.15, 0.2) is 0 Å². The van der Waals surface area contributed by atoms with E-state index in [4.69, 9.17) is 0 Å². The number of aryl methyl sites for hydroxylation is 1. The summed E-state index contributed by atoms with van der Waals surface area (Å²) in [7, 11) is 0. The van der Waals surface area contributed by atoms with Crippen LogP contribution in [0.25, 0.3) is 5.69 Å². The summed E-state index contributed by atoms with van der Waals surface area (Å²) in [4.78, 5) is 20.8. The van der Waals surface area contributed by atoms with Gasteiger partial charge in [0, 0.05) is 57.4 Å². The molecule has 2 aromatic heterocycles. The van der Waals surface area contributed by atoms with E-state index in [1.54, 1.807) is 12.1 Å². The van der Waals surface area contributed by atoms with Crippen LogP contribution in [0.2, 0.25) is 0 Å². The summed E-state index contributed by atoms with van der Waals surface area (Å²) in [5.74, 6) is -2.02. The molecule has 4 aromatic rings. The fourth-order valence-electron chi connectivity index (χ4n) is 4.96. The van der Waals surface area contributed by atoms with Crippen LogP contribution in [0.5, 0.6) is 0 Å². The first-order valence-electron chi connectivity index (χ1n) is 12.7.